The van der Waals surface area contributed by atoms with Crippen LogP contribution in [0.2, 0.25) is 0 Å². The number of benzene rings is 1. The van der Waals surface area contributed by atoms with Crippen LogP contribution in [0.25, 0.3) is 0 Å². The lowest BCUT2D eigenvalue weighted by Crippen LogP contribution is -2.25. The smallest absolute Gasteiger partial charge is 0.0233 e. The maximum Gasteiger partial charge on any atom is 0.0233 e. The number of nitrogens with zero attached hydrogens (tertiary/aromatic N) is 1. The molecule has 0 aliphatic heterocycles. The van der Waals surface area contributed by atoms with Crippen molar-refractivity contribution in [3.05, 3.63) is 34.9 Å². The van der Waals surface area contributed by atoms with E-state index in [0.29, 0.717) is 5.92 Å². The lowest BCUT2D eigenvalue weighted by Gasteiger charge is -2.22. The largest absolute Gasteiger partial charge is 0.330 e. The van der Waals surface area contributed by atoms with Gasteiger partial charge >= 0.3 is 0 Å². The molecule has 2 nitrogen and oxygen atoms in total. The van der Waals surface area contributed by atoms with Crippen LogP contribution < -0.4 is 5.73 Å². The molecule has 2 N–H and O–H groups in total. The average Bonchev–Trinajstić information content (AvgIpc) is 2.22. The Bertz CT molecular complexity index is 347. The van der Waals surface area contributed by atoms with Gasteiger partial charge in [-0.1, -0.05) is 30.7 Å². The standard InChI is InChI=1S/C15H26N2/c1-12-5-6-15(14(3)9-12)11-17(4)10-13(2)7-8-16/h5-6,9,13H,7-8,10-11,16H2,1-4H3. The zero-order valence-corrected chi connectivity index (χ0v) is 11.7. The second-order valence-electron chi connectivity index (χ2n) is 5.31. The maximum atomic E-state index is 5.58. The first-order valence-corrected chi connectivity index (χ1v) is 6.47. The van der Waals surface area contributed by atoms with Gasteiger partial charge < -0.3 is 10.6 Å². The second-order valence-corrected chi connectivity index (χ2v) is 5.31. The summed E-state index contributed by atoms with van der Waals surface area (Å²) in [5.74, 6) is 0.677. The van der Waals surface area contributed by atoms with E-state index >= 15 is 0 Å². The van der Waals surface area contributed by atoms with Crippen LogP contribution >= 0.6 is 0 Å². The molecule has 17 heavy (non-hydrogen) atoms. The van der Waals surface area contributed by atoms with E-state index in [9.17, 15) is 0 Å². The van der Waals surface area contributed by atoms with Crippen molar-refractivity contribution in [2.24, 2.45) is 11.7 Å². The molecule has 1 aromatic rings. The van der Waals surface area contributed by atoms with Gasteiger partial charge in [-0.25, -0.2) is 0 Å². The van der Waals surface area contributed by atoms with E-state index in [4.69, 9.17) is 5.73 Å². The average molecular weight is 234 g/mol. The Morgan fingerprint density at radius 1 is 1.29 bits per heavy atom. The molecule has 0 radical (unpaired) electrons. The van der Waals surface area contributed by atoms with Crippen LogP contribution in [0.15, 0.2) is 18.2 Å². The predicted octanol–water partition coefficient (Wildman–Crippen LogP) is 2.72. The van der Waals surface area contributed by atoms with Gasteiger partial charge in [0.2, 0.25) is 0 Å². The van der Waals surface area contributed by atoms with Crippen molar-refractivity contribution >= 4 is 0 Å². The molecule has 96 valence electrons. The lowest BCUT2D eigenvalue weighted by atomic mass is 10.0. The number of aryl methyl sites for hydroxylation is 2. The molecule has 0 aromatic heterocycles. The summed E-state index contributed by atoms with van der Waals surface area (Å²) in [6.07, 6.45) is 1.11. The quantitative estimate of drug-likeness (QED) is 0.820. The highest BCUT2D eigenvalue weighted by Crippen LogP contribution is 2.13. The summed E-state index contributed by atoms with van der Waals surface area (Å²) in [7, 11) is 2.19. The van der Waals surface area contributed by atoms with Gasteiger partial charge in [0, 0.05) is 13.1 Å². The van der Waals surface area contributed by atoms with Crippen LogP contribution in [0.3, 0.4) is 0 Å². The van der Waals surface area contributed by atoms with Gasteiger partial charge in [0.05, 0.1) is 0 Å². The molecule has 1 rings (SSSR count). The number of nitrogens with two attached hydrogens (primary N) is 1. The van der Waals surface area contributed by atoms with E-state index in [0.717, 1.165) is 26.1 Å². The molecule has 0 spiro atoms. The third-order valence-corrected chi connectivity index (χ3v) is 3.22. The molecule has 0 fully saturated rings. The molecule has 0 amide bonds. The fraction of sp³-hybridized carbons (Fsp3) is 0.600. The Morgan fingerprint density at radius 2 is 2.00 bits per heavy atom. The van der Waals surface area contributed by atoms with Crippen molar-refractivity contribution in [2.75, 3.05) is 20.1 Å². The first-order chi connectivity index (χ1) is 8.02. The fourth-order valence-corrected chi connectivity index (χ4v) is 2.29. The molecule has 0 heterocycles. The van der Waals surface area contributed by atoms with Gasteiger partial charge in [0.15, 0.2) is 0 Å². The summed E-state index contributed by atoms with van der Waals surface area (Å²) in [6, 6.07) is 6.70. The van der Waals surface area contributed by atoms with Crippen molar-refractivity contribution in [1.29, 1.82) is 0 Å². The van der Waals surface area contributed by atoms with Crippen LogP contribution in [0.5, 0.6) is 0 Å². The topological polar surface area (TPSA) is 29.3 Å². The van der Waals surface area contributed by atoms with Crippen molar-refractivity contribution in [3.8, 4) is 0 Å². The molecule has 0 aliphatic rings. The monoisotopic (exact) mass is 234 g/mol. The summed E-state index contributed by atoms with van der Waals surface area (Å²) in [5, 5.41) is 0. The van der Waals surface area contributed by atoms with E-state index in [2.05, 4.69) is 50.9 Å². The number of rotatable bonds is 6. The Morgan fingerprint density at radius 3 is 2.59 bits per heavy atom. The van der Waals surface area contributed by atoms with Gasteiger partial charge in [0.25, 0.3) is 0 Å². The van der Waals surface area contributed by atoms with E-state index in [1.165, 1.54) is 16.7 Å². The van der Waals surface area contributed by atoms with Crippen LogP contribution in [0, 0.1) is 19.8 Å². The molecular weight excluding hydrogens is 208 g/mol. The Labute approximate surface area is 106 Å². The van der Waals surface area contributed by atoms with Crippen LogP contribution in [-0.2, 0) is 6.54 Å². The van der Waals surface area contributed by atoms with Crippen LogP contribution in [-0.4, -0.2) is 25.0 Å². The van der Waals surface area contributed by atoms with Crippen LogP contribution in [0.4, 0.5) is 0 Å². The van der Waals surface area contributed by atoms with Crippen LogP contribution in [0.1, 0.15) is 30.0 Å². The van der Waals surface area contributed by atoms with Gasteiger partial charge in [-0.05, 0) is 50.9 Å². The summed E-state index contributed by atoms with van der Waals surface area (Å²) >= 11 is 0. The lowest BCUT2D eigenvalue weighted by molar-refractivity contribution is 0.272. The molecule has 0 saturated carbocycles. The first-order valence-electron chi connectivity index (χ1n) is 6.47. The van der Waals surface area contributed by atoms with Gasteiger partial charge in [-0.3, -0.25) is 0 Å². The minimum Gasteiger partial charge on any atom is -0.330 e. The number of hydrogen-bond donors (Lipinski definition) is 1. The Balaban J connectivity index is 2.52. The minimum absolute atomic E-state index is 0.677. The van der Waals surface area contributed by atoms with Gasteiger partial charge in [-0.15, -0.1) is 0 Å². The zero-order valence-electron chi connectivity index (χ0n) is 11.7. The molecule has 2 heteroatoms. The highest BCUT2D eigenvalue weighted by Gasteiger charge is 2.07. The molecular formula is C15H26N2. The molecule has 0 saturated heterocycles. The van der Waals surface area contributed by atoms with Crippen molar-refractivity contribution in [1.82, 2.24) is 4.90 Å². The second kappa shape index (κ2) is 6.77. The molecule has 0 aliphatic carbocycles. The summed E-state index contributed by atoms with van der Waals surface area (Å²) in [5.41, 5.74) is 9.74. The van der Waals surface area contributed by atoms with E-state index in [-0.39, 0.29) is 0 Å². The molecule has 1 aromatic carbocycles. The van der Waals surface area contributed by atoms with Gasteiger partial charge in [-0.2, -0.15) is 0 Å². The third kappa shape index (κ3) is 4.88. The van der Waals surface area contributed by atoms with Crippen molar-refractivity contribution in [3.63, 3.8) is 0 Å². The van der Waals surface area contributed by atoms with E-state index in [1.807, 2.05) is 0 Å². The van der Waals surface area contributed by atoms with E-state index < -0.39 is 0 Å². The number of hydrogen-bond acceptors (Lipinski definition) is 2. The Hall–Kier alpha value is -0.860. The highest BCUT2D eigenvalue weighted by atomic mass is 15.1. The zero-order chi connectivity index (χ0) is 12.8. The van der Waals surface area contributed by atoms with Gasteiger partial charge in [0.1, 0.15) is 0 Å². The van der Waals surface area contributed by atoms with E-state index in [1.54, 1.807) is 0 Å². The minimum atomic E-state index is 0.677. The fourth-order valence-electron chi connectivity index (χ4n) is 2.29. The Kier molecular flexibility index (Phi) is 5.66. The van der Waals surface area contributed by atoms with Crippen molar-refractivity contribution in [2.45, 2.75) is 33.7 Å². The third-order valence-electron chi connectivity index (χ3n) is 3.22. The molecule has 1 unspecified atom stereocenters. The predicted molar refractivity (Wildman–Crippen MR) is 75.1 cm³/mol. The highest BCUT2D eigenvalue weighted by molar-refractivity contribution is 5.30. The SMILES string of the molecule is Cc1ccc(CN(C)CC(C)CCN)c(C)c1. The normalized spacial score (nSPS) is 13.1. The summed E-state index contributed by atoms with van der Waals surface area (Å²) < 4.78 is 0. The summed E-state index contributed by atoms with van der Waals surface area (Å²) in [6.45, 7) is 9.54. The molecule has 0 bridgehead atoms. The maximum absolute atomic E-state index is 5.58. The summed E-state index contributed by atoms with van der Waals surface area (Å²) in [4.78, 5) is 2.39. The molecule has 1 atom stereocenters. The van der Waals surface area contributed by atoms with Crippen molar-refractivity contribution < 1.29 is 0 Å². The first kappa shape index (κ1) is 14.2.